The van der Waals surface area contributed by atoms with Gasteiger partial charge in [0.2, 0.25) is 11.9 Å². The third kappa shape index (κ3) is 2.79. The van der Waals surface area contributed by atoms with Crippen LogP contribution >= 0.6 is 11.8 Å². The van der Waals surface area contributed by atoms with Gasteiger partial charge in [-0.05, 0) is 0 Å². The molecule has 116 valence electrons. The van der Waals surface area contributed by atoms with E-state index in [-0.39, 0.29) is 5.37 Å². The fraction of sp³-hybridized carbons (Fsp3) is 0.538. The Labute approximate surface area is 132 Å². The second-order valence-corrected chi connectivity index (χ2v) is 6.28. The van der Waals surface area contributed by atoms with Gasteiger partial charge >= 0.3 is 0 Å². The number of rotatable bonds is 3. The normalized spacial score (nSPS) is 22.2. The number of nitrogens with zero attached hydrogens (tertiary/aromatic N) is 6. The Kier molecular flexibility index (Phi) is 3.92. The Morgan fingerprint density at radius 3 is 2.77 bits per heavy atom. The third-order valence-electron chi connectivity index (χ3n) is 3.61. The number of nitrogens with one attached hydrogen (secondary N) is 1. The number of aromatic nitrogens is 5. The maximum absolute atomic E-state index is 5.41. The van der Waals surface area contributed by atoms with Gasteiger partial charge in [-0.25, -0.2) is 4.98 Å². The molecule has 2 aromatic rings. The summed E-state index contributed by atoms with van der Waals surface area (Å²) in [5.41, 5.74) is 0. The van der Waals surface area contributed by atoms with E-state index in [9.17, 15) is 0 Å². The van der Waals surface area contributed by atoms with Crippen LogP contribution in [0, 0.1) is 0 Å². The molecular formula is C13H17N7OS. The van der Waals surface area contributed by atoms with Crippen molar-refractivity contribution in [2.24, 2.45) is 0 Å². The van der Waals surface area contributed by atoms with E-state index >= 15 is 0 Å². The molecule has 0 aliphatic carbocycles. The van der Waals surface area contributed by atoms with Crippen LogP contribution in [0.1, 0.15) is 11.2 Å². The van der Waals surface area contributed by atoms with Crippen molar-refractivity contribution in [3.05, 3.63) is 24.5 Å². The minimum atomic E-state index is 0.130. The summed E-state index contributed by atoms with van der Waals surface area (Å²) in [6.45, 7) is 4.00. The van der Waals surface area contributed by atoms with Crippen LogP contribution in [0.15, 0.2) is 18.7 Å². The number of hydrogen-bond acceptors (Lipinski definition) is 8. The maximum Gasteiger partial charge on any atom is 0.240 e. The number of thioether (sulfide) groups is 1. The van der Waals surface area contributed by atoms with Gasteiger partial charge in [0.1, 0.15) is 11.7 Å². The number of ether oxygens (including phenoxy) is 1. The van der Waals surface area contributed by atoms with Crippen molar-refractivity contribution in [2.45, 2.75) is 5.37 Å². The van der Waals surface area contributed by atoms with Crippen LogP contribution in [0.25, 0.3) is 5.95 Å². The van der Waals surface area contributed by atoms with E-state index in [1.807, 2.05) is 22.5 Å². The summed E-state index contributed by atoms with van der Waals surface area (Å²) in [4.78, 5) is 20.1. The van der Waals surface area contributed by atoms with E-state index in [1.54, 1.807) is 12.5 Å². The lowest BCUT2D eigenvalue weighted by Gasteiger charge is -2.27. The molecule has 0 aromatic carbocycles. The molecule has 1 unspecified atom stereocenters. The quantitative estimate of drug-likeness (QED) is 0.861. The minimum absolute atomic E-state index is 0.130. The molecular weight excluding hydrogens is 302 g/mol. The first kappa shape index (κ1) is 13.9. The highest BCUT2D eigenvalue weighted by Crippen LogP contribution is 2.28. The number of anilines is 1. The van der Waals surface area contributed by atoms with Gasteiger partial charge in [-0.1, -0.05) is 0 Å². The zero-order chi connectivity index (χ0) is 14.8. The third-order valence-corrected chi connectivity index (χ3v) is 4.76. The van der Waals surface area contributed by atoms with Gasteiger partial charge in [-0.3, -0.25) is 9.88 Å². The van der Waals surface area contributed by atoms with Gasteiger partial charge in [0.05, 0.1) is 13.2 Å². The summed E-state index contributed by atoms with van der Waals surface area (Å²) in [7, 11) is 0. The van der Waals surface area contributed by atoms with E-state index in [0.29, 0.717) is 25.1 Å². The second-order valence-electron chi connectivity index (χ2n) is 5.07. The topological polar surface area (TPSA) is 81.0 Å². The smallest absolute Gasteiger partial charge is 0.240 e. The minimum Gasteiger partial charge on any atom is -0.378 e. The Bertz CT molecular complexity index is 623. The fourth-order valence-electron chi connectivity index (χ4n) is 2.48. The summed E-state index contributed by atoms with van der Waals surface area (Å²) < 4.78 is 7.22. The van der Waals surface area contributed by atoms with Crippen LogP contribution in [0.4, 0.5) is 5.95 Å². The zero-order valence-electron chi connectivity index (χ0n) is 12.1. The van der Waals surface area contributed by atoms with Crippen LogP contribution in [-0.4, -0.2) is 63.1 Å². The summed E-state index contributed by atoms with van der Waals surface area (Å²) in [5.74, 6) is 3.18. The van der Waals surface area contributed by atoms with Gasteiger partial charge in [-0.2, -0.15) is 15.0 Å². The lowest BCUT2D eigenvalue weighted by atomic mass is 10.4. The molecule has 1 atom stereocenters. The molecule has 8 nitrogen and oxygen atoms in total. The molecule has 1 N–H and O–H groups in total. The molecule has 2 aromatic heterocycles. The van der Waals surface area contributed by atoms with Gasteiger partial charge in [0, 0.05) is 37.8 Å². The average Bonchev–Trinajstić information content (AvgIpc) is 3.29. The first-order valence-electron chi connectivity index (χ1n) is 7.32. The highest BCUT2D eigenvalue weighted by molar-refractivity contribution is 7.99. The molecule has 4 heterocycles. The van der Waals surface area contributed by atoms with Crippen LogP contribution in [-0.2, 0) is 4.74 Å². The highest BCUT2D eigenvalue weighted by atomic mass is 32.2. The first-order valence-corrected chi connectivity index (χ1v) is 8.37. The molecule has 2 saturated heterocycles. The van der Waals surface area contributed by atoms with Crippen molar-refractivity contribution in [1.82, 2.24) is 29.8 Å². The van der Waals surface area contributed by atoms with Crippen LogP contribution in [0.3, 0.4) is 0 Å². The van der Waals surface area contributed by atoms with Gasteiger partial charge in [0.25, 0.3) is 0 Å². The molecule has 0 spiro atoms. The molecule has 2 aliphatic rings. The molecule has 4 rings (SSSR count). The van der Waals surface area contributed by atoms with Crippen molar-refractivity contribution in [2.75, 3.05) is 43.5 Å². The summed E-state index contributed by atoms with van der Waals surface area (Å²) in [6.07, 6.45) is 5.27. The van der Waals surface area contributed by atoms with E-state index in [2.05, 4.69) is 30.2 Å². The van der Waals surface area contributed by atoms with Gasteiger partial charge in [-0.15, -0.1) is 11.8 Å². The monoisotopic (exact) mass is 319 g/mol. The van der Waals surface area contributed by atoms with Gasteiger partial charge in [0.15, 0.2) is 5.82 Å². The van der Waals surface area contributed by atoms with Crippen molar-refractivity contribution in [1.29, 1.82) is 0 Å². The summed E-state index contributed by atoms with van der Waals surface area (Å²) in [6, 6.07) is 0. The second kappa shape index (κ2) is 6.19. The van der Waals surface area contributed by atoms with E-state index in [0.717, 1.165) is 31.2 Å². The first-order chi connectivity index (χ1) is 10.9. The predicted molar refractivity (Wildman–Crippen MR) is 83.2 cm³/mol. The number of imidazole rings is 1. The molecule has 0 saturated carbocycles. The van der Waals surface area contributed by atoms with Crippen molar-refractivity contribution >= 4 is 17.7 Å². The Morgan fingerprint density at radius 1 is 1.18 bits per heavy atom. The molecule has 0 radical (unpaired) electrons. The standard InChI is InChI=1S/C13H17N7OS/c1-3-20(9-14-1)13-17-10(11-15-2-8-22-11)16-12(18-13)19-4-6-21-7-5-19/h1,3,9,11,15H,2,4-8H2. The number of morpholine rings is 1. The van der Waals surface area contributed by atoms with Crippen LogP contribution < -0.4 is 10.2 Å². The summed E-state index contributed by atoms with van der Waals surface area (Å²) >= 11 is 1.82. The predicted octanol–water partition coefficient (Wildman–Crippen LogP) is 0.229. The van der Waals surface area contributed by atoms with E-state index in [1.165, 1.54) is 0 Å². The fourth-order valence-corrected chi connectivity index (χ4v) is 3.44. The van der Waals surface area contributed by atoms with E-state index in [4.69, 9.17) is 4.74 Å². The summed E-state index contributed by atoms with van der Waals surface area (Å²) in [5, 5.41) is 3.55. The Hall–Kier alpha value is -1.71. The molecule has 0 bridgehead atoms. The lowest BCUT2D eigenvalue weighted by molar-refractivity contribution is 0.122. The highest BCUT2D eigenvalue weighted by Gasteiger charge is 2.24. The van der Waals surface area contributed by atoms with E-state index < -0.39 is 0 Å². The molecule has 0 amide bonds. The number of hydrogen-bond donors (Lipinski definition) is 1. The zero-order valence-corrected chi connectivity index (χ0v) is 12.9. The van der Waals surface area contributed by atoms with Gasteiger partial charge < -0.3 is 9.64 Å². The lowest BCUT2D eigenvalue weighted by Crippen LogP contribution is -2.38. The average molecular weight is 319 g/mol. The van der Waals surface area contributed by atoms with Crippen molar-refractivity contribution in [3.8, 4) is 5.95 Å². The van der Waals surface area contributed by atoms with Crippen molar-refractivity contribution < 1.29 is 4.74 Å². The molecule has 2 fully saturated rings. The molecule has 22 heavy (non-hydrogen) atoms. The SMILES string of the molecule is c1cn(-c2nc(C3NCCS3)nc(N3CCOCC3)n2)cn1. The van der Waals surface area contributed by atoms with Crippen molar-refractivity contribution in [3.63, 3.8) is 0 Å². The van der Waals surface area contributed by atoms with Crippen LogP contribution in [0.2, 0.25) is 0 Å². The maximum atomic E-state index is 5.41. The molecule has 9 heteroatoms. The Morgan fingerprint density at radius 2 is 2.05 bits per heavy atom. The van der Waals surface area contributed by atoms with Crippen LogP contribution in [0.5, 0.6) is 0 Å². The largest absolute Gasteiger partial charge is 0.378 e. The molecule has 2 aliphatic heterocycles. The Balaban J connectivity index is 1.72.